The van der Waals surface area contributed by atoms with Gasteiger partial charge in [0, 0.05) is 6.42 Å². The second-order valence-corrected chi connectivity index (χ2v) is 8.62. The average molecular weight is 429 g/mol. The van der Waals surface area contributed by atoms with Crippen LogP contribution in [0, 0.1) is 0 Å². The van der Waals surface area contributed by atoms with Crippen molar-refractivity contribution < 1.29 is 24.5 Å². The molecule has 0 saturated carbocycles. The van der Waals surface area contributed by atoms with Crippen LogP contribution in [0.2, 0.25) is 0 Å². The summed E-state index contributed by atoms with van der Waals surface area (Å²) < 4.78 is 4.65. The summed E-state index contributed by atoms with van der Waals surface area (Å²) in [6.07, 6.45) is 22.3. The van der Waals surface area contributed by atoms with E-state index < -0.39 is 24.5 Å². The molecule has 0 saturated heterocycles. The molecule has 0 radical (unpaired) electrons. The number of aliphatic hydroxyl groups excluding tert-OH is 2. The van der Waals surface area contributed by atoms with E-state index in [4.69, 9.17) is 10.2 Å². The molecular formula is C25H48O5. The summed E-state index contributed by atoms with van der Waals surface area (Å²) in [5.74, 6) is -1.45. The van der Waals surface area contributed by atoms with E-state index in [0.717, 1.165) is 12.8 Å². The predicted octanol–water partition coefficient (Wildman–Crippen LogP) is 5.88. The Kier molecular flexibility index (Phi) is 22.0. The van der Waals surface area contributed by atoms with Crippen molar-refractivity contribution in [2.24, 2.45) is 0 Å². The van der Waals surface area contributed by atoms with E-state index in [2.05, 4.69) is 11.7 Å². The number of ketones is 1. The fourth-order valence-electron chi connectivity index (χ4n) is 3.59. The molecule has 5 heteroatoms. The molecule has 0 rings (SSSR count). The zero-order valence-corrected chi connectivity index (χ0v) is 19.5. The molecule has 0 bridgehead atoms. The van der Waals surface area contributed by atoms with Crippen molar-refractivity contribution in [3.05, 3.63) is 0 Å². The molecular weight excluding hydrogens is 380 g/mol. The minimum atomic E-state index is -1.12. The van der Waals surface area contributed by atoms with Gasteiger partial charge in [-0.3, -0.25) is 4.79 Å². The smallest absolute Gasteiger partial charge is 0.374 e. The van der Waals surface area contributed by atoms with Gasteiger partial charge in [-0.1, -0.05) is 116 Å². The molecule has 0 fully saturated rings. The number of ether oxygens (including phenoxy) is 1. The van der Waals surface area contributed by atoms with Gasteiger partial charge in [-0.05, 0) is 6.42 Å². The van der Waals surface area contributed by atoms with Crippen LogP contribution in [0.4, 0.5) is 0 Å². The fraction of sp³-hybridized carbons (Fsp3) is 0.920. The minimum absolute atomic E-state index is 0.201. The lowest BCUT2D eigenvalue weighted by Crippen LogP contribution is -2.25. The Balaban J connectivity index is 3.24. The van der Waals surface area contributed by atoms with E-state index in [9.17, 15) is 9.59 Å². The van der Waals surface area contributed by atoms with Gasteiger partial charge in [-0.15, -0.1) is 0 Å². The van der Waals surface area contributed by atoms with Crippen molar-refractivity contribution in [2.45, 2.75) is 135 Å². The third-order valence-corrected chi connectivity index (χ3v) is 5.60. The van der Waals surface area contributed by atoms with Gasteiger partial charge in [0.1, 0.15) is 12.7 Å². The minimum Gasteiger partial charge on any atom is -0.457 e. The molecule has 0 aliphatic rings. The summed E-state index contributed by atoms with van der Waals surface area (Å²) in [4.78, 5) is 23.0. The third-order valence-electron chi connectivity index (χ3n) is 5.60. The number of unbranched alkanes of at least 4 members (excludes halogenated alkanes) is 17. The fourth-order valence-corrected chi connectivity index (χ4v) is 3.59. The van der Waals surface area contributed by atoms with Gasteiger partial charge >= 0.3 is 5.97 Å². The number of carbonyl (C=O) groups is 2. The van der Waals surface area contributed by atoms with Crippen LogP contribution in [0.15, 0.2) is 0 Å². The Morgan fingerprint density at radius 2 is 1.03 bits per heavy atom. The normalized spacial score (nSPS) is 12.1. The van der Waals surface area contributed by atoms with Crippen molar-refractivity contribution in [2.75, 3.05) is 13.2 Å². The quantitative estimate of drug-likeness (QED) is 0.120. The number of aliphatic hydroxyl groups is 2. The maximum Gasteiger partial charge on any atom is 0.374 e. The average Bonchev–Trinajstić information content (AvgIpc) is 2.76. The van der Waals surface area contributed by atoms with Crippen LogP contribution in [-0.2, 0) is 14.3 Å². The van der Waals surface area contributed by atoms with Crippen LogP contribution >= 0.6 is 0 Å². The molecule has 0 amide bonds. The summed E-state index contributed by atoms with van der Waals surface area (Å²) in [6.45, 7) is 1.45. The Morgan fingerprint density at radius 3 is 1.40 bits per heavy atom. The lowest BCUT2D eigenvalue weighted by molar-refractivity contribution is -0.156. The van der Waals surface area contributed by atoms with E-state index >= 15 is 0 Å². The number of hydrogen-bond acceptors (Lipinski definition) is 5. The van der Waals surface area contributed by atoms with Crippen molar-refractivity contribution in [3.8, 4) is 0 Å². The second kappa shape index (κ2) is 22.7. The summed E-state index contributed by atoms with van der Waals surface area (Å²) in [7, 11) is 0. The van der Waals surface area contributed by atoms with Crippen LogP contribution < -0.4 is 0 Å². The van der Waals surface area contributed by atoms with Crippen LogP contribution in [0.1, 0.15) is 129 Å². The first-order chi connectivity index (χ1) is 14.6. The van der Waals surface area contributed by atoms with E-state index in [1.807, 2.05) is 0 Å². The molecule has 178 valence electrons. The zero-order chi connectivity index (χ0) is 22.3. The van der Waals surface area contributed by atoms with Crippen LogP contribution in [0.3, 0.4) is 0 Å². The van der Waals surface area contributed by atoms with Gasteiger partial charge in [-0.2, -0.15) is 0 Å². The Morgan fingerprint density at radius 1 is 0.667 bits per heavy atom. The number of esters is 1. The van der Waals surface area contributed by atoms with Crippen LogP contribution in [0.25, 0.3) is 0 Å². The van der Waals surface area contributed by atoms with Crippen LogP contribution in [0.5, 0.6) is 0 Å². The van der Waals surface area contributed by atoms with Crippen molar-refractivity contribution in [3.63, 3.8) is 0 Å². The highest BCUT2D eigenvalue weighted by molar-refractivity contribution is 6.33. The van der Waals surface area contributed by atoms with Crippen LogP contribution in [-0.4, -0.2) is 41.3 Å². The molecule has 0 aliphatic heterocycles. The number of hydrogen-bond donors (Lipinski definition) is 2. The maximum atomic E-state index is 11.6. The van der Waals surface area contributed by atoms with Gasteiger partial charge in [-0.25, -0.2) is 4.79 Å². The highest BCUT2D eigenvalue weighted by Crippen LogP contribution is 2.14. The monoisotopic (exact) mass is 428 g/mol. The second-order valence-electron chi connectivity index (χ2n) is 8.62. The third kappa shape index (κ3) is 20.3. The first-order valence-corrected chi connectivity index (χ1v) is 12.6. The molecule has 0 aromatic heterocycles. The van der Waals surface area contributed by atoms with Gasteiger partial charge < -0.3 is 14.9 Å². The molecule has 0 aromatic rings. The Hall–Kier alpha value is -0.940. The molecule has 1 atom stereocenters. The summed E-state index contributed by atoms with van der Waals surface area (Å²) in [5, 5.41) is 17.7. The molecule has 0 aliphatic carbocycles. The molecule has 2 N–H and O–H groups in total. The van der Waals surface area contributed by atoms with E-state index in [1.54, 1.807) is 0 Å². The standard InChI is InChI=1S/C25H48O5/c1-2-3-4-5-6-7-8-9-10-11-12-13-14-15-16-17-18-19-20-24(28)25(29)30-22-23(27)21-26/h23,26-27H,2-22H2,1H3. The Labute approximate surface area is 185 Å². The van der Waals surface area contributed by atoms with Crippen molar-refractivity contribution in [1.29, 1.82) is 0 Å². The summed E-state index contributed by atoms with van der Waals surface area (Å²) in [5.41, 5.74) is 0. The first kappa shape index (κ1) is 29.1. The highest BCUT2D eigenvalue weighted by atomic mass is 16.5. The molecule has 5 nitrogen and oxygen atoms in total. The van der Waals surface area contributed by atoms with E-state index in [-0.39, 0.29) is 13.0 Å². The molecule has 1 unspecified atom stereocenters. The molecule has 0 aromatic carbocycles. The highest BCUT2D eigenvalue weighted by Gasteiger charge is 2.16. The first-order valence-electron chi connectivity index (χ1n) is 12.6. The molecule has 0 heterocycles. The van der Waals surface area contributed by atoms with Gasteiger partial charge in [0.05, 0.1) is 6.61 Å². The SMILES string of the molecule is CCCCCCCCCCCCCCCCCCCCC(=O)C(=O)OCC(O)CO. The van der Waals surface area contributed by atoms with Crippen molar-refractivity contribution >= 4 is 11.8 Å². The zero-order valence-electron chi connectivity index (χ0n) is 19.5. The molecule has 30 heavy (non-hydrogen) atoms. The maximum absolute atomic E-state index is 11.6. The lowest BCUT2D eigenvalue weighted by atomic mass is 10.0. The van der Waals surface area contributed by atoms with E-state index in [1.165, 1.54) is 96.3 Å². The van der Waals surface area contributed by atoms with E-state index in [0.29, 0.717) is 6.42 Å². The van der Waals surface area contributed by atoms with Gasteiger partial charge in [0.15, 0.2) is 0 Å². The Bertz CT molecular complexity index is 397. The van der Waals surface area contributed by atoms with Crippen molar-refractivity contribution in [1.82, 2.24) is 0 Å². The predicted molar refractivity (Wildman–Crippen MR) is 122 cm³/mol. The largest absolute Gasteiger partial charge is 0.457 e. The molecule has 0 spiro atoms. The number of Topliss-reactive ketones (excluding diaryl/α,β-unsaturated/α-hetero) is 1. The van der Waals surface area contributed by atoms with Gasteiger partial charge in [0.25, 0.3) is 0 Å². The van der Waals surface area contributed by atoms with Gasteiger partial charge in [0.2, 0.25) is 5.78 Å². The topological polar surface area (TPSA) is 83.8 Å². The summed E-state index contributed by atoms with van der Waals surface area (Å²) >= 11 is 0. The number of carbonyl (C=O) groups excluding carboxylic acids is 2. The lowest BCUT2D eigenvalue weighted by Gasteiger charge is -2.07. The number of rotatable bonds is 23. The summed E-state index contributed by atoms with van der Waals surface area (Å²) in [6, 6.07) is 0.